The van der Waals surface area contributed by atoms with E-state index in [-0.39, 0.29) is 5.91 Å². The summed E-state index contributed by atoms with van der Waals surface area (Å²) in [4.78, 5) is 11.7. The predicted molar refractivity (Wildman–Crippen MR) is 93.8 cm³/mol. The molecule has 23 heavy (non-hydrogen) atoms. The van der Waals surface area contributed by atoms with Crippen LogP contribution in [-0.4, -0.2) is 13.0 Å². The Hall–Kier alpha value is -2.29. The highest BCUT2D eigenvalue weighted by molar-refractivity contribution is 5.78. The van der Waals surface area contributed by atoms with Crippen molar-refractivity contribution in [3.8, 4) is 5.75 Å². The van der Waals surface area contributed by atoms with Crippen LogP contribution in [0.1, 0.15) is 34.7 Å². The number of carbonyl (C=O) groups excluding carboxylic acids is 1. The van der Waals surface area contributed by atoms with Gasteiger partial charge in [0.05, 0.1) is 6.42 Å². The van der Waals surface area contributed by atoms with Crippen LogP contribution in [0.4, 0.5) is 0 Å². The molecular weight excluding hydrogens is 286 g/mol. The van der Waals surface area contributed by atoms with Crippen LogP contribution >= 0.6 is 0 Å². The maximum Gasteiger partial charge on any atom is 0.224 e. The molecule has 0 atom stereocenters. The Balaban J connectivity index is 2.22. The van der Waals surface area contributed by atoms with Crippen LogP contribution in [0, 0.1) is 13.8 Å². The monoisotopic (exact) mass is 311 g/mol. The van der Waals surface area contributed by atoms with Gasteiger partial charge in [0.15, 0.2) is 0 Å². The number of hydrogen-bond donors (Lipinski definition) is 1. The molecule has 0 aliphatic rings. The standard InChI is InChI=1S/C20H25NO2/c1-5-16-11-14(2)9-10-19(16)23-13-18-15(3)7-6-8-17(18)12-20(22)21-4/h6-11H,5,12-13H2,1-4H3,(H,21,22). The maximum absolute atomic E-state index is 11.7. The first-order chi connectivity index (χ1) is 11.0. The lowest BCUT2D eigenvalue weighted by molar-refractivity contribution is -0.119. The van der Waals surface area contributed by atoms with Crippen LogP contribution in [0.5, 0.6) is 5.75 Å². The summed E-state index contributed by atoms with van der Waals surface area (Å²) in [5, 5.41) is 2.68. The van der Waals surface area contributed by atoms with Crippen molar-refractivity contribution >= 4 is 5.91 Å². The molecule has 0 bridgehead atoms. The van der Waals surface area contributed by atoms with Crippen molar-refractivity contribution in [3.05, 3.63) is 64.2 Å². The first kappa shape index (κ1) is 17.1. The summed E-state index contributed by atoms with van der Waals surface area (Å²) >= 11 is 0. The molecule has 3 nitrogen and oxygen atoms in total. The van der Waals surface area contributed by atoms with Gasteiger partial charge in [0, 0.05) is 7.05 Å². The minimum atomic E-state index is 0.0152. The van der Waals surface area contributed by atoms with E-state index in [1.165, 1.54) is 11.1 Å². The number of ether oxygens (including phenoxy) is 1. The molecule has 0 saturated heterocycles. The average Bonchev–Trinajstić information content (AvgIpc) is 2.55. The Labute approximate surface area is 138 Å². The van der Waals surface area contributed by atoms with Gasteiger partial charge < -0.3 is 10.1 Å². The van der Waals surface area contributed by atoms with Crippen LogP contribution in [0.15, 0.2) is 36.4 Å². The number of amides is 1. The topological polar surface area (TPSA) is 38.3 Å². The Bertz CT molecular complexity index is 692. The van der Waals surface area contributed by atoms with E-state index >= 15 is 0 Å². The predicted octanol–water partition coefficient (Wildman–Crippen LogP) is 3.73. The Morgan fingerprint density at radius 3 is 2.61 bits per heavy atom. The number of hydrogen-bond acceptors (Lipinski definition) is 2. The molecule has 0 aromatic heterocycles. The molecule has 122 valence electrons. The van der Waals surface area contributed by atoms with Gasteiger partial charge in [-0.25, -0.2) is 0 Å². The summed E-state index contributed by atoms with van der Waals surface area (Å²) in [5.74, 6) is 0.939. The van der Waals surface area contributed by atoms with Crippen molar-refractivity contribution < 1.29 is 9.53 Å². The Kier molecular flexibility index (Phi) is 5.80. The first-order valence-electron chi connectivity index (χ1n) is 8.05. The molecule has 0 aliphatic carbocycles. The molecule has 3 heteroatoms. The molecule has 1 amide bonds. The first-order valence-corrected chi connectivity index (χ1v) is 8.05. The van der Waals surface area contributed by atoms with E-state index in [0.717, 1.165) is 28.9 Å². The lowest BCUT2D eigenvalue weighted by atomic mass is 10.00. The van der Waals surface area contributed by atoms with Gasteiger partial charge in [0.2, 0.25) is 5.91 Å². The SMILES string of the molecule is CCc1cc(C)ccc1OCc1c(C)cccc1CC(=O)NC. The Morgan fingerprint density at radius 2 is 1.91 bits per heavy atom. The molecule has 1 N–H and O–H groups in total. The van der Waals surface area contributed by atoms with E-state index in [9.17, 15) is 4.79 Å². The fourth-order valence-electron chi connectivity index (χ4n) is 2.67. The number of aryl methyl sites for hydroxylation is 3. The third-order valence-corrected chi connectivity index (χ3v) is 4.11. The minimum absolute atomic E-state index is 0.0152. The van der Waals surface area contributed by atoms with E-state index in [0.29, 0.717) is 13.0 Å². The highest BCUT2D eigenvalue weighted by Gasteiger charge is 2.11. The van der Waals surface area contributed by atoms with Crippen LogP contribution in [-0.2, 0) is 24.2 Å². The summed E-state index contributed by atoms with van der Waals surface area (Å²) in [6.45, 7) is 6.76. The van der Waals surface area contributed by atoms with Crippen molar-refractivity contribution in [2.75, 3.05) is 7.05 Å². The second-order valence-corrected chi connectivity index (χ2v) is 5.82. The van der Waals surface area contributed by atoms with Gasteiger partial charge in [-0.3, -0.25) is 4.79 Å². The minimum Gasteiger partial charge on any atom is -0.489 e. The number of benzene rings is 2. The summed E-state index contributed by atoms with van der Waals surface area (Å²) in [6, 6.07) is 12.3. The zero-order valence-electron chi connectivity index (χ0n) is 14.4. The maximum atomic E-state index is 11.7. The molecule has 0 radical (unpaired) electrons. The van der Waals surface area contributed by atoms with Gasteiger partial charge in [0.1, 0.15) is 12.4 Å². The van der Waals surface area contributed by atoms with E-state index in [2.05, 4.69) is 44.3 Å². The lowest BCUT2D eigenvalue weighted by Gasteiger charge is -2.15. The van der Waals surface area contributed by atoms with Crippen LogP contribution in [0.2, 0.25) is 0 Å². The van der Waals surface area contributed by atoms with Gasteiger partial charge in [-0.05, 0) is 48.6 Å². The van der Waals surface area contributed by atoms with Crippen LogP contribution in [0.25, 0.3) is 0 Å². The van der Waals surface area contributed by atoms with Crippen molar-refractivity contribution in [1.82, 2.24) is 5.32 Å². The number of rotatable bonds is 6. The molecule has 2 aromatic carbocycles. The lowest BCUT2D eigenvalue weighted by Crippen LogP contribution is -2.21. The average molecular weight is 311 g/mol. The molecule has 2 aromatic rings. The molecular formula is C20H25NO2. The van der Waals surface area contributed by atoms with Gasteiger partial charge in [0.25, 0.3) is 0 Å². The van der Waals surface area contributed by atoms with Crippen LogP contribution in [0.3, 0.4) is 0 Å². The number of likely N-dealkylation sites (N-methyl/N-ethyl adjacent to an activating group) is 1. The zero-order valence-corrected chi connectivity index (χ0v) is 14.4. The second-order valence-electron chi connectivity index (χ2n) is 5.82. The van der Waals surface area contributed by atoms with Gasteiger partial charge >= 0.3 is 0 Å². The fraction of sp³-hybridized carbons (Fsp3) is 0.350. The molecule has 0 spiro atoms. The van der Waals surface area contributed by atoms with Crippen molar-refractivity contribution in [3.63, 3.8) is 0 Å². The van der Waals surface area contributed by atoms with Crippen molar-refractivity contribution in [2.45, 2.75) is 40.2 Å². The molecule has 0 fully saturated rings. The largest absolute Gasteiger partial charge is 0.489 e. The number of nitrogens with one attached hydrogen (secondary N) is 1. The van der Waals surface area contributed by atoms with Gasteiger partial charge in [-0.2, -0.15) is 0 Å². The van der Waals surface area contributed by atoms with Gasteiger partial charge in [-0.15, -0.1) is 0 Å². The second kappa shape index (κ2) is 7.82. The van der Waals surface area contributed by atoms with Crippen LogP contribution < -0.4 is 10.1 Å². The molecule has 0 heterocycles. The summed E-state index contributed by atoms with van der Waals surface area (Å²) in [7, 11) is 1.66. The normalized spacial score (nSPS) is 10.4. The summed E-state index contributed by atoms with van der Waals surface area (Å²) in [5.41, 5.74) is 5.72. The highest BCUT2D eigenvalue weighted by atomic mass is 16.5. The summed E-state index contributed by atoms with van der Waals surface area (Å²) in [6.07, 6.45) is 1.32. The smallest absolute Gasteiger partial charge is 0.224 e. The molecule has 0 aliphatic heterocycles. The third-order valence-electron chi connectivity index (χ3n) is 4.11. The quantitative estimate of drug-likeness (QED) is 0.882. The molecule has 0 saturated carbocycles. The van der Waals surface area contributed by atoms with Gasteiger partial charge in [-0.1, -0.05) is 42.8 Å². The Morgan fingerprint density at radius 1 is 1.13 bits per heavy atom. The van der Waals surface area contributed by atoms with Crippen molar-refractivity contribution in [2.24, 2.45) is 0 Å². The van der Waals surface area contributed by atoms with E-state index < -0.39 is 0 Å². The highest BCUT2D eigenvalue weighted by Crippen LogP contribution is 2.23. The summed E-state index contributed by atoms with van der Waals surface area (Å²) < 4.78 is 6.07. The van der Waals surface area contributed by atoms with E-state index in [4.69, 9.17) is 4.74 Å². The third kappa shape index (κ3) is 4.35. The van der Waals surface area contributed by atoms with E-state index in [1.54, 1.807) is 7.05 Å². The number of carbonyl (C=O) groups is 1. The molecule has 2 rings (SSSR count). The zero-order chi connectivity index (χ0) is 16.8. The van der Waals surface area contributed by atoms with Crippen molar-refractivity contribution in [1.29, 1.82) is 0 Å². The molecule has 0 unspecified atom stereocenters. The fourth-order valence-corrected chi connectivity index (χ4v) is 2.67. The van der Waals surface area contributed by atoms with E-state index in [1.807, 2.05) is 18.2 Å².